The monoisotopic (exact) mass is 335 g/mol. The molecule has 1 aromatic rings. The SMILES string of the molecule is CC1CCCCC1(CNC(=O)OC(C)(C)C)NCc1ccn(C)c1. The molecule has 0 aliphatic heterocycles. The van der Waals surface area contributed by atoms with Crippen molar-refractivity contribution < 1.29 is 9.53 Å². The number of nitrogens with one attached hydrogen (secondary N) is 2. The molecular weight excluding hydrogens is 302 g/mol. The summed E-state index contributed by atoms with van der Waals surface area (Å²) >= 11 is 0. The number of hydrogen-bond donors (Lipinski definition) is 2. The highest BCUT2D eigenvalue weighted by Crippen LogP contribution is 2.33. The first-order chi connectivity index (χ1) is 11.2. The molecular formula is C19H33N3O2. The molecule has 136 valence electrons. The Morgan fingerprint density at radius 3 is 2.75 bits per heavy atom. The Labute approximate surface area is 146 Å². The van der Waals surface area contributed by atoms with E-state index < -0.39 is 5.60 Å². The highest BCUT2D eigenvalue weighted by Gasteiger charge is 2.38. The summed E-state index contributed by atoms with van der Waals surface area (Å²) in [6, 6.07) is 2.13. The number of alkyl carbamates (subject to hydrolysis) is 1. The Bertz CT molecular complexity index is 547. The van der Waals surface area contributed by atoms with Crippen LogP contribution in [-0.4, -0.2) is 28.3 Å². The Morgan fingerprint density at radius 2 is 2.17 bits per heavy atom. The van der Waals surface area contributed by atoms with Gasteiger partial charge in [-0.15, -0.1) is 0 Å². The molecule has 5 heteroatoms. The van der Waals surface area contributed by atoms with Gasteiger partial charge in [0.1, 0.15) is 5.60 Å². The van der Waals surface area contributed by atoms with Crippen LogP contribution in [0.3, 0.4) is 0 Å². The second-order valence-corrected chi connectivity index (χ2v) is 8.20. The third-order valence-electron chi connectivity index (χ3n) is 4.94. The number of carbonyl (C=O) groups excluding carboxylic acids is 1. The van der Waals surface area contributed by atoms with Crippen molar-refractivity contribution in [2.45, 2.75) is 71.1 Å². The van der Waals surface area contributed by atoms with E-state index in [4.69, 9.17) is 4.74 Å². The zero-order valence-corrected chi connectivity index (χ0v) is 15.8. The number of hydrogen-bond acceptors (Lipinski definition) is 3. The van der Waals surface area contributed by atoms with Crippen LogP contribution in [0.25, 0.3) is 0 Å². The van der Waals surface area contributed by atoms with Gasteiger partial charge in [0.2, 0.25) is 0 Å². The molecule has 5 nitrogen and oxygen atoms in total. The van der Waals surface area contributed by atoms with E-state index in [0.717, 1.165) is 13.0 Å². The number of rotatable bonds is 5. The average molecular weight is 335 g/mol. The van der Waals surface area contributed by atoms with Gasteiger partial charge < -0.3 is 19.9 Å². The molecule has 0 radical (unpaired) electrons. The Morgan fingerprint density at radius 1 is 1.42 bits per heavy atom. The van der Waals surface area contributed by atoms with Gasteiger partial charge in [0.25, 0.3) is 0 Å². The van der Waals surface area contributed by atoms with Crippen molar-refractivity contribution in [2.24, 2.45) is 13.0 Å². The molecule has 2 atom stereocenters. The fourth-order valence-corrected chi connectivity index (χ4v) is 3.49. The summed E-state index contributed by atoms with van der Waals surface area (Å²) in [7, 11) is 2.03. The van der Waals surface area contributed by atoms with Gasteiger partial charge in [-0.05, 0) is 51.2 Å². The molecule has 0 aromatic carbocycles. The van der Waals surface area contributed by atoms with E-state index in [2.05, 4.69) is 40.6 Å². The van der Waals surface area contributed by atoms with Crippen LogP contribution in [0.4, 0.5) is 4.79 Å². The highest BCUT2D eigenvalue weighted by molar-refractivity contribution is 5.67. The van der Waals surface area contributed by atoms with E-state index in [0.29, 0.717) is 12.5 Å². The minimum Gasteiger partial charge on any atom is -0.444 e. The number of nitrogens with zero attached hydrogens (tertiary/aromatic N) is 1. The van der Waals surface area contributed by atoms with Crippen LogP contribution < -0.4 is 10.6 Å². The van der Waals surface area contributed by atoms with Crippen LogP contribution in [0.2, 0.25) is 0 Å². The van der Waals surface area contributed by atoms with E-state index in [1.54, 1.807) is 0 Å². The molecule has 0 saturated heterocycles. The van der Waals surface area contributed by atoms with E-state index >= 15 is 0 Å². The molecule has 0 spiro atoms. The lowest BCUT2D eigenvalue weighted by Crippen LogP contribution is -2.58. The number of aryl methyl sites for hydroxylation is 1. The molecule has 2 unspecified atom stereocenters. The number of carbonyl (C=O) groups is 1. The Kier molecular flexibility index (Phi) is 5.97. The van der Waals surface area contributed by atoms with Crippen molar-refractivity contribution in [3.8, 4) is 0 Å². The van der Waals surface area contributed by atoms with E-state index in [-0.39, 0.29) is 11.6 Å². The van der Waals surface area contributed by atoms with Crippen LogP contribution in [0.5, 0.6) is 0 Å². The van der Waals surface area contributed by atoms with Crippen molar-refractivity contribution in [3.63, 3.8) is 0 Å². The maximum absolute atomic E-state index is 12.1. The quantitative estimate of drug-likeness (QED) is 0.864. The summed E-state index contributed by atoms with van der Waals surface area (Å²) in [5.74, 6) is 0.518. The predicted molar refractivity (Wildman–Crippen MR) is 96.9 cm³/mol. The number of amides is 1. The molecule has 1 fully saturated rings. The average Bonchev–Trinajstić information content (AvgIpc) is 2.89. The second-order valence-electron chi connectivity index (χ2n) is 8.20. The van der Waals surface area contributed by atoms with Crippen molar-refractivity contribution in [1.82, 2.24) is 15.2 Å². The molecule has 1 heterocycles. The van der Waals surface area contributed by atoms with Gasteiger partial charge in [0.15, 0.2) is 0 Å². The smallest absolute Gasteiger partial charge is 0.407 e. The van der Waals surface area contributed by atoms with Gasteiger partial charge in [-0.3, -0.25) is 0 Å². The minimum absolute atomic E-state index is 0.0645. The van der Waals surface area contributed by atoms with Crippen LogP contribution in [0, 0.1) is 5.92 Å². The van der Waals surface area contributed by atoms with Crippen molar-refractivity contribution in [1.29, 1.82) is 0 Å². The number of aromatic nitrogens is 1. The molecule has 0 bridgehead atoms. The van der Waals surface area contributed by atoms with E-state index in [9.17, 15) is 4.79 Å². The first-order valence-corrected chi connectivity index (χ1v) is 9.03. The van der Waals surface area contributed by atoms with E-state index in [1.165, 1.54) is 24.8 Å². The molecule has 1 aliphatic rings. The standard InChI is InChI=1S/C19H33N3O2/c1-15-8-6-7-10-19(15,14-20-17(23)24-18(2,3)4)21-12-16-9-11-22(5)13-16/h9,11,13,15,21H,6-8,10,12,14H2,1-5H3,(H,20,23). The lowest BCUT2D eigenvalue weighted by molar-refractivity contribution is 0.0479. The third kappa shape index (κ3) is 5.26. The summed E-state index contributed by atoms with van der Waals surface area (Å²) in [5.41, 5.74) is 0.740. The lowest BCUT2D eigenvalue weighted by Gasteiger charge is -2.44. The molecule has 1 aromatic heterocycles. The predicted octanol–water partition coefficient (Wildman–Crippen LogP) is 3.59. The van der Waals surface area contributed by atoms with Gasteiger partial charge >= 0.3 is 6.09 Å². The molecule has 2 rings (SSSR count). The second kappa shape index (κ2) is 7.60. The first-order valence-electron chi connectivity index (χ1n) is 9.03. The topological polar surface area (TPSA) is 55.3 Å². The maximum atomic E-state index is 12.1. The van der Waals surface area contributed by atoms with Crippen molar-refractivity contribution in [2.75, 3.05) is 6.54 Å². The summed E-state index contributed by atoms with van der Waals surface area (Å²) < 4.78 is 7.46. The van der Waals surface area contributed by atoms with Gasteiger partial charge in [0, 0.05) is 38.1 Å². The lowest BCUT2D eigenvalue weighted by atomic mass is 9.73. The first kappa shape index (κ1) is 18.8. The van der Waals surface area contributed by atoms with Gasteiger partial charge in [0.05, 0.1) is 0 Å². The normalized spacial score (nSPS) is 24.6. The summed E-state index contributed by atoms with van der Waals surface area (Å²) in [6.07, 6.45) is 8.60. The van der Waals surface area contributed by atoms with Crippen LogP contribution in [0.15, 0.2) is 18.5 Å². The number of ether oxygens (including phenoxy) is 1. The van der Waals surface area contributed by atoms with Crippen LogP contribution >= 0.6 is 0 Å². The summed E-state index contributed by atoms with van der Waals surface area (Å²) in [5, 5.41) is 6.74. The largest absolute Gasteiger partial charge is 0.444 e. The molecule has 1 amide bonds. The van der Waals surface area contributed by atoms with E-state index in [1.807, 2.05) is 27.8 Å². The highest BCUT2D eigenvalue weighted by atomic mass is 16.6. The van der Waals surface area contributed by atoms with Gasteiger partial charge in [-0.2, -0.15) is 0 Å². The summed E-state index contributed by atoms with van der Waals surface area (Å²) in [4.78, 5) is 12.1. The zero-order chi connectivity index (χ0) is 17.8. The summed E-state index contributed by atoms with van der Waals surface area (Å²) in [6.45, 7) is 9.38. The van der Waals surface area contributed by atoms with Crippen molar-refractivity contribution in [3.05, 3.63) is 24.0 Å². The Hall–Kier alpha value is -1.49. The molecule has 24 heavy (non-hydrogen) atoms. The fraction of sp³-hybridized carbons (Fsp3) is 0.737. The molecule has 2 N–H and O–H groups in total. The van der Waals surface area contributed by atoms with Crippen LogP contribution in [-0.2, 0) is 18.3 Å². The zero-order valence-electron chi connectivity index (χ0n) is 15.8. The maximum Gasteiger partial charge on any atom is 0.407 e. The molecule has 1 saturated carbocycles. The van der Waals surface area contributed by atoms with Crippen LogP contribution in [0.1, 0.15) is 58.9 Å². The fourth-order valence-electron chi connectivity index (χ4n) is 3.49. The third-order valence-corrected chi connectivity index (χ3v) is 4.94. The Balaban J connectivity index is 1.99. The van der Waals surface area contributed by atoms with Crippen molar-refractivity contribution >= 4 is 6.09 Å². The minimum atomic E-state index is -0.465. The molecule has 1 aliphatic carbocycles. The van der Waals surface area contributed by atoms with Gasteiger partial charge in [-0.25, -0.2) is 4.79 Å². The van der Waals surface area contributed by atoms with Gasteiger partial charge in [-0.1, -0.05) is 19.8 Å².